The molecule has 0 fully saturated rings. The van der Waals surface area contributed by atoms with E-state index in [0.29, 0.717) is 6.42 Å². The van der Waals surface area contributed by atoms with Gasteiger partial charge in [-0.05, 0) is 6.92 Å². The van der Waals surface area contributed by atoms with E-state index < -0.39 is 0 Å². The molecular weight excluding hydrogens is 152 g/mol. The van der Waals surface area contributed by atoms with Crippen LogP contribution in [0.3, 0.4) is 0 Å². The maximum atomic E-state index is 9.81. The van der Waals surface area contributed by atoms with Gasteiger partial charge in [-0.3, -0.25) is 0 Å². The molecule has 0 spiro atoms. The van der Waals surface area contributed by atoms with Crippen LogP contribution in [0.15, 0.2) is 0 Å². The molecule has 0 heterocycles. The molecule has 0 unspecified atom stereocenters. The smallest absolute Gasteiger partial charge is 0.300 e. The number of carbonyl (C=O) groups excluding carboxylic acids is 2. The highest BCUT2D eigenvalue weighted by Gasteiger charge is 1.76. The van der Waals surface area contributed by atoms with E-state index in [2.05, 4.69) is 6.79 Å². The van der Waals surface area contributed by atoms with Gasteiger partial charge < -0.3 is 4.79 Å². The topological polar surface area (TPSA) is 34.1 Å². The fourth-order valence-corrected chi connectivity index (χ4v) is 0. The lowest BCUT2D eigenvalue weighted by atomic mass is 10.4. The summed E-state index contributed by atoms with van der Waals surface area (Å²) in [5.41, 5.74) is 0. The Balaban J connectivity index is -0.0000000397. The number of carbonyl (C=O) groups is 1. The summed E-state index contributed by atoms with van der Waals surface area (Å²) in [5.74, 6) is 0.255. The van der Waals surface area contributed by atoms with Crippen molar-refractivity contribution in [2.75, 3.05) is 0 Å². The first kappa shape index (κ1) is 22.5. The van der Waals surface area contributed by atoms with Crippen LogP contribution in [0.25, 0.3) is 0 Å². The van der Waals surface area contributed by atoms with Crippen molar-refractivity contribution in [1.29, 1.82) is 0 Å². The SMILES string of the molecule is CC.CCC(C)=O.C[CH+]C.[CH+]=O. The highest BCUT2D eigenvalue weighted by Crippen LogP contribution is 1.71. The van der Waals surface area contributed by atoms with Gasteiger partial charge in [0.1, 0.15) is 5.78 Å². The predicted octanol–water partition coefficient (Wildman–Crippen LogP) is 2.97. The van der Waals surface area contributed by atoms with E-state index in [4.69, 9.17) is 4.79 Å². The van der Waals surface area contributed by atoms with Crippen LogP contribution < -0.4 is 0 Å². The molecule has 0 saturated heterocycles. The Bertz CT molecular complexity index is 60.9. The van der Waals surface area contributed by atoms with Crippen molar-refractivity contribution in [2.45, 2.75) is 48.0 Å². The molecule has 0 N–H and O–H groups in total. The van der Waals surface area contributed by atoms with E-state index in [0.717, 1.165) is 0 Å². The summed E-state index contributed by atoms with van der Waals surface area (Å²) in [4.78, 5) is 17.6. The number of rotatable bonds is 1. The Morgan fingerprint density at radius 2 is 1.33 bits per heavy atom. The zero-order valence-corrected chi connectivity index (χ0v) is 9.18. The fourth-order valence-electron chi connectivity index (χ4n) is 0. The Kier molecular flexibility index (Phi) is 92.8. The van der Waals surface area contributed by atoms with Gasteiger partial charge in [0, 0.05) is 11.2 Å². The van der Waals surface area contributed by atoms with Crippen LogP contribution in [-0.2, 0) is 9.59 Å². The number of Topliss-reactive ketones (excluding diaryl/α,β-unsaturated/α-hetero) is 1. The van der Waals surface area contributed by atoms with Crippen molar-refractivity contribution in [3.8, 4) is 0 Å². The Morgan fingerprint density at radius 1 is 1.25 bits per heavy atom. The third kappa shape index (κ3) is 479. The second-order valence-corrected chi connectivity index (χ2v) is 1.63. The lowest BCUT2D eigenvalue weighted by Gasteiger charge is -1.71. The van der Waals surface area contributed by atoms with Crippen molar-refractivity contribution in [1.82, 2.24) is 0 Å². The molecule has 0 atom stereocenters. The number of ketones is 1. The van der Waals surface area contributed by atoms with E-state index in [1.165, 1.54) is 0 Å². The third-order valence-electron chi connectivity index (χ3n) is 0.498. The van der Waals surface area contributed by atoms with Crippen molar-refractivity contribution >= 4 is 12.6 Å². The molecule has 2 heteroatoms. The maximum absolute atomic E-state index is 9.81. The molecule has 12 heavy (non-hydrogen) atoms. The summed E-state index contributed by atoms with van der Waals surface area (Å²) in [6.45, 7) is 14.7. The van der Waals surface area contributed by atoms with Gasteiger partial charge >= 0.3 is 6.79 Å². The van der Waals surface area contributed by atoms with Crippen molar-refractivity contribution < 1.29 is 9.59 Å². The lowest BCUT2D eigenvalue weighted by molar-refractivity contribution is -0.116. The van der Waals surface area contributed by atoms with E-state index >= 15 is 0 Å². The van der Waals surface area contributed by atoms with E-state index in [-0.39, 0.29) is 5.78 Å². The molecular formula is C10H22O2+2. The summed E-state index contributed by atoms with van der Waals surface area (Å²) in [5, 5.41) is 0. The monoisotopic (exact) mass is 174 g/mol. The quantitative estimate of drug-likeness (QED) is 0.452. The third-order valence-corrected chi connectivity index (χ3v) is 0.498. The Morgan fingerprint density at radius 3 is 1.33 bits per heavy atom. The molecule has 2 nitrogen and oxygen atoms in total. The standard InChI is InChI=1S/C4H8O.C3H7.C2H6.CHO/c1-3-4(2)5;1-3-2;2*1-2/h3H2,1-2H3;3H,1-2H3;1-2H3;1H/q;+1;;+1. The zero-order valence-electron chi connectivity index (χ0n) is 9.18. The highest BCUT2D eigenvalue weighted by molar-refractivity contribution is 5.74. The van der Waals surface area contributed by atoms with E-state index in [1.807, 2.05) is 41.0 Å². The highest BCUT2D eigenvalue weighted by atomic mass is 16.1. The van der Waals surface area contributed by atoms with E-state index in [1.54, 1.807) is 6.92 Å². The van der Waals surface area contributed by atoms with Crippen LogP contribution in [-0.4, -0.2) is 12.6 Å². The molecule has 0 aliphatic heterocycles. The largest absolute Gasteiger partial charge is 0.490 e. The summed E-state index contributed by atoms with van der Waals surface area (Å²) in [6.07, 6.45) is 2.67. The van der Waals surface area contributed by atoms with Crippen molar-refractivity contribution in [3.63, 3.8) is 0 Å². The number of hydrogen-bond acceptors (Lipinski definition) is 2. The first-order valence-electron chi connectivity index (χ1n) is 4.16. The van der Waals surface area contributed by atoms with Gasteiger partial charge in [0.15, 0.2) is 0 Å². The summed E-state index contributed by atoms with van der Waals surface area (Å²) in [6, 6.07) is 0. The normalized spacial score (nSPS) is 5.08. The number of hydrogen-bond donors (Lipinski definition) is 0. The second kappa shape index (κ2) is 49.6. The average Bonchev–Trinajstić information content (AvgIpc) is 2.13. The predicted molar refractivity (Wildman–Crippen MR) is 54.7 cm³/mol. The minimum atomic E-state index is 0.255. The molecule has 0 aliphatic carbocycles. The molecule has 0 rings (SSSR count). The average molecular weight is 174 g/mol. The summed E-state index contributed by atoms with van der Waals surface area (Å²) in [7, 11) is 0. The van der Waals surface area contributed by atoms with Crippen LogP contribution in [0.5, 0.6) is 0 Å². The van der Waals surface area contributed by atoms with E-state index in [9.17, 15) is 4.79 Å². The molecule has 0 aliphatic rings. The Hall–Kier alpha value is -0.880. The van der Waals surface area contributed by atoms with Gasteiger partial charge in [-0.1, -0.05) is 20.8 Å². The molecule has 0 aromatic rings. The van der Waals surface area contributed by atoms with Gasteiger partial charge in [-0.15, -0.1) is 0 Å². The summed E-state index contributed by atoms with van der Waals surface area (Å²) >= 11 is 0. The van der Waals surface area contributed by atoms with Crippen molar-refractivity contribution in [3.05, 3.63) is 6.42 Å². The molecule has 72 valence electrons. The lowest BCUT2D eigenvalue weighted by Crippen LogP contribution is -1.80. The minimum absolute atomic E-state index is 0.255. The summed E-state index contributed by atoms with van der Waals surface area (Å²) < 4.78 is 0. The molecule has 0 aromatic heterocycles. The molecule has 0 amide bonds. The minimum Gasteiger partial charge on any atom is -0.300 e. The molecule has 0 radical (unpaired) electrons. The van der Waals surface area contributed by atoms with Crippen LogP contribution in [0, 0.1) is 6.42 Å². The van der Waals surface area contributed by atoms with Gasteiger partial charge in [0.05, 0.1) is 20.3 Å². The second-order valence-electron chi connectivity index (χ2n) is 1.63. The first-order valence-corrected chi connectivity index (χ1v) is 4.16. The molecule has 0 bridgehead atoms. The van der Waals surface area contributed by atoms with Gasteiger partial charge in [-0.2, -0.15) is 0 Å². The Labute approximate surface area is 77.4 Å². The zero-order chi connectivity index (χ0) is 11.0. The maximum Gasteiger partial charge on any atom is 0.490 e. The van der Waals surface area contributed by atoms with Gasteiger partial charge in [-0.25, -0.2) is 0 Å². The van der Waals surface area contributed by atoms with Crippen molar-refractivity contribution in [2.24, 2.45) is 0 Å². The van der Waals surface area contributed by atoms with Crippen LogP contribution >= 0.6 is 0 Å². The van der Waals surface area contributed by atoms with Gasteiger partial charge in [0.2, 0.25) is 0 Å². The van der Waals surface area contributed by atoms with Crippen LogP contribution in [0.4, 0.5) is 0 Å². The van der Waals surface area contributed by atoms with Gasteiger partial charge in [0.25, 0.3) is 0 Å². The van der Waals surface area contributed by atoms with Crippen LogP contribution in [0.2, 0.25) is 0 Å². The first-order chi connectivity index (χ1) is 5.68. The van der Waals surface area contributed by atoms with Crippen LogP contribution in [0.1, 0.15) is 48.0 Å². The molecule has 0 saturated carbocycles. The fraction of sp³-hybridized carbons (Fsp3) is 0.700. The molecule has 0 aromatic carbocycles.